The minimum atomic E-state index is -0.329. The number of fused-ring (bicyclic) bond motifs is 3. The molecule has 0 spiro atoms. The van der Waals surface area contributed by atoms with Gasteiger partial charge in [-0.15, -0.1) is 11.3 Å². The van der Waals surface area contributed by atoms with Crippen LogP contribution < -0.4 is 21.3 Å². The quantitative estimate of drug-likeness (QED) is 0.318. The molecule has 6 heterocycles. The minimum absolute atomic E-state index is 0.0532. The molecule has 2 aliphatic rings. The van der Waals surface area contributed by atoms with Gasteiger partial charge in [0.25, 0.3) is 5.56 Å². The van der Waals surface area contributed by atoms with Crippen LogP contribution in [-0.2, 0) is 25.9 Å². The Morgan fingerprint density at radius 3 is 2.92 bits per heavy atom. The Kier molecular flexibility index (Phi) is 6.14. The van der Waals surface area contributed by atoms with E-state index >= 15 is 0 Å². The van der Waals surface area contributed by atoms with Gasteiger partial charge in [-0.2, -0.15) is 0 Å². The average Bonchev–Trinajstić information content (AvgIpc) is 3.66. The molecular formula is C29H26ClN5O4S. The number of halogens is 1. The van der Waals surface area contributed by atoms with E-state index in [0.717, 1.165) is 67.5 Å². The summed E-state index contributed by atoms with van der Waals surface area (Å²) in [6.45, 7) is 5.60. The lowest BCUT2D eigenvalue weighted by molar-refractivity contribution is 0.189. The van der Waals surface area contributed by atoms with Crippen molar-refractivity contribution in [3.63, 3.8) is 0 Å². The molecule has 5 aromatic rings. The second-order valence-corrected chi connectivity index (χ2v) is 12.0. The zero-order chi connectivity index (χ0) is 27.5. The highest BCUT2D eigenvalue weighted by molar-refractivity contribution is 7.19. The van der Waals surface area contributed by atoms with E-state index in [-0.39, 0.29) is 29.9 Å². The van der Waals surface area contributed by atoms with E-state index in [1.165, 1.54) is 22.0 Å². The topological polar surface area (TPSA) is 104 Å². The van der Waals surface area contributed by atoms with Crippen LogP contribution in [0.15, 0.2) is 56.8 Å². The zero-order valence-corrected chi connectivity index (χ0v) is 23.5. The van der Waals surface area contributed by atoms with E-state index in [4.69, 9.17) is 20.9 Å². The van der Waals surface area contributed by atoms with Gasteiger partial charge in [0.2, 0.25) is 0 Å². The van der Waals surface area contributed by atoms with Gasteiger partial charge >= 0.3 is 5.69 Å². The van der Waals surface area contributed by atoms with Crippen LogP contribution in [0.4, 0.5) is 0 Å². The summed E-state index contributed by atoms with van der Waals surface area (Å²) >= 11 is 8.12. The van der Waals surface area contributed by atoms with Crippen LogP contribution in [0.1, 0.15) is 53.5 Å². The number of thiophene rings is 1. The van der Waals surface area contributed by atoms with Crippen LogP contribution in [0.25, 0.3) is 21.3 Å². The third kappa shape index (κ3) is 4.18. The van der Waals surface area contributed by atoms with E-state index in [0.29, 0.717) is 18.0 Å². The standard InChI is InChI=1S/C29H26ClN5O4S/c1-15(2)34-8-5-25(36)35(29(34)37)14-18-12-23-28(40-18)19(3-7-32-23)20-11-17(30)9-16-10-24(38-26(16)20)27-21-13-31-6-4-22(21)33-39-27/h3,5,7-9,11-12,15,24,31H,4,6,10,13-14H2,1-2H3/t24-/m0/s1. The molecule has 0 saturated heterocycles. The molecular weight excluding hydrogens is 550 g/mol. The van der Waals surface area contributed by atoms with Crippen LogP contribution in [0.3, 0.4) is 0 Å². The maximum Gasteiger partial charge on any atom is 0.331 e. The van der Waals surface area contributed by atoms with Gasteiger partial charge in [0, 0.05) is 82.6 Å². The first-order valence-electron chi connectivity index (χ1n) is 13.2. The van der Waals surface area contributed by atoms with E-state index in [1.807, 2.05) is 38.1 Å². The van der Waals surface area contributed by atoms with Crippen LogP contribution in [-0.4, -0.2) is 25.8 Å². The summed E-state index contributed by atoms with van der Waals surface area (Å²) in [6.07, 6.45) is 4.49. The average molecular weight is 576 g/mol. The van der Waals surface area contributed by atoms with Crippen molar-refractivity contribution >= 4 is 33.2 Å². The van der Waals surface area contributed by atoms with Crippen molar-refractivity contribution in [1.29, 1.82) is 0 Å². The van der Waals surface area contributed by atoms with Gasteiger partial charge in [-0.25, -0.2) is 4.79 Å². The number of benzene rings is 1. The molecule has 1 atom stereocenters. The van der Waals surface area contributed by atoms with Gasteiger partial charge in [-0.05, 0) is 38.1 Å². The Bertz CT molecular complexity index is 1900. The zero-order valence-electron chi connectivity index (χ0n) is 21.9. The molecule has 2 aliphatic heterocycles. The Morgan fingerprint density at radius 2 is 2.08 bits per heavy atom. The molecule has 11 heteroatoms. The Balaban J connectivity index is 1.28. The summed E-state index contributed by atoms with van der Waals surface area (Å²) in [7, 11) is 0. The van der Waals surface area contributed by atoms with E-state index in [1.54, 1.807) is 17.0 Å². The molecule has 0 amide bonds. The summed E-state index contributed by atoms with van der Waals surface area (Å²) in [5, 5.41) is 8.30. The molecule has 1 aromatic carbocycles. The first kappa shape index (κ1) is 25.3. The fourth-order valence-corrected chi connectivity index (χ4v) is 6.96. The van der Waals surface area contributed by atoms with E-state index < -0.39 is 0 Å². The Morgan fingerprint density at radius 1 is 1.20 bits per heavy atom. The molecule has 9 nitrogen and oxygen atoms in total. The summed E-state index contributed by atoms with van der Waals surface area (Å²) in [5.41, 5.74) is 5.01. The van der Waals surface area contributed by atoms with Crippen molar-refractivity contribution in [1.82, 2.24) is 24.6 Å². The third-order valence-electron chi connectivity index (χ3n) is 7.55. The molecule has 0 unspecified atom stereocenters. The van der Waals surface area contributed by atoms with Crippen LogP contribution in [0, 0.1) is 0 Å². The van der Waals surface area contributed by atoms with Gasteiger partial charge in [-0.3, -0.25) is 18.9 Å². The van der Waals surface area contributed by atoms with Crippen molar-refractivity contribution in [2.75, 3.05) is 6.54 Å². The summed E-state index contributed by atoms with van der Waals surface area (Å²) in [6, 6.07) is 9.13. The molecule has 4 aromatic heterocycles. The molecule has 40 heavy (non-hydrogen) atoms. The third-order valence-corrected chi connectivity index (χ3v) is 8.91. The van der Waals surface area contributed by atoms with Gasteiger partial charge in [0.1, 0.15) is 5.75 Å². The number of hydrogen-bond acceptors (Lipinski definition) is 8. The number of ether oxygens (including phenoxy) is 1. The van der Waals surface area contributed by atoms with Crippen molar-refractivity contribution in [2.24, 2.45) is 0 Å². The van der Waals surface area contributed by atoms with Gasteiger partial charge in [0.15, 0.2) is 11.9 Å². The number of aromatic nitrogens is 4. The predicted molar refractivity (Wildman–Crippen MR) is 154 cm³/mol. The molecule has 1 N–H and O–H groups in total. The van der Waals surface area contributed by atoms with Crippen molar-refractivity contribution in [3.8, 4) is 16.9 Å². The largest absolute Gasteiger partial charge is 0.481 e. The number of hydrogen-bond donors (Lipinski definition) is 1. The van der Waals surface area contributed by atoms with E-state index in [2.05, 4.69) is 15.5 Å². The Labute approximate surface area is 238 Å². The van der Waals surface area contributed by atoms with Gasteiger partial charge in [-0.1, -0.05) is 16.8 Å². The summed E-state index contributed by atoms with van der Waals surface area (Å²) < 4.78 is 16.1. The highest BCUT2D eigenvalue weighted by Crippen LogP contribution is 2.48. The van der Waals surface area contributed by atoms with Crippen molar-refractivity contribution < 1.29 is 9.26 Å². The molecule has 0 aliphatic carbocycles. The monoisotopic (exact) mass is 575 g/mol. The molecule has 0 radical (unpaired) electrons. The summed E-state index contributed by atoms with van der Waals surface area (Å²) in [5.74, 6) is 1.53. The van der Waals surface area contributed by atoms with Gasteiger partial charge < -0.3 is 14.6 Å². The van der Waals surface area contributed by atoms with Crippen LogP contribution in [0.5, 0.6) is 5.75 Å². The SMILES string of the molecule is CC(C)n1ccc(=O)n(Cc2cc3nccc(-c4cc(Cl)cc5c4O[C@H](c4onc6c4CNCC6)C5)c3s2)c1=O. The second kappa shape index (κ2) is 9.72. The fourth-order valence-electron chi connectivity index (χ4n) is 5.59. The smallest absolute Gasteiger partial charge is 0.331 e. The lowest BCUT2D eigenvalue weighted by Crippen LogP contribution is -2.39. The van der Waals surface area contributed by atoms with Crippen LogP contribution in [0.2, 0.25) is 5.02 Å². The van der Waals surface area contributed by atoms with Crippen molar-refractivity contribution in [2.45, 2.75) is 51.9 Å². The molecule has 0 saturated carbocycles. The lowest BCUT2D eigenvalue weighted by Gasteiger charge is -2.15. The van der Waals surface area contributed by atoms with Crippen LogP contribution >= 0.6 is 22.9 Å². The molecule has 7 rings (SSSR count). The number of rotatable bonds is 5. The van der Waals surface area contributed by atoms with E-state index in [9.17, 15) is 9.59 Å². The minimum Gasteiger partial charge on any atom is -0.481 e. The Hall–Kier alpha value is -3.73. The summed E-state index contributed by atoms with van der Waals surface area (Å²) in [4.78, 5) is 31.0. The first-order valence-corrected chi connectivity index (χ1v) is 14.4. The highest BCUT2D eigenvalue weighted by Gasteiger charge is 2.34. The molecule has 204 valence electrons. The molecule has 0 bridgehead atoms. The van der Waals surface area contributed by atoms with Crippen molar-refractivity contribution in [3.05, 3.63) is 96.0 Å². The second-order valence-electron chi connectivity index (χ2n) is 10.5. The number of nitrogens with zero attached hydrogens (tertiary/aromatic N) is 4. The molecule has 0 fully saturated rings. The maximum atomic E-state index is 13.0. The maximum absolute atomic E-state index is 13.0. The first-order chi connectivity index (χ1) is 19.4. The number of nitrogens with one attached hydrogen (secondary N) is 1. The lowest BCUT2D eigenvalue weighted by atomic mass is 9.99. The fraction of sp³-hybridized carbons (Fsp3) is 0.310. The highest BCUT2D eigenvalue weighted by atomic mass is 35.5. The van der Waals surface area contributed by atoms with Gasteiger partial charge in [0.05, 0.1) is 22.5 Å². The number of pyridine rings is 1. The predicted octanol–water partition coefficient (Wildman–Crippen LogP) is 4.88. The normalized spacial score (nSPS) is 16.4.